The zero-order valence-corrected chi connectivity index (χ0v) is 15.7. The number of aryl methyl sites for hydroxylation is 2. The Kier molecular flexibility index (Phi) is 7.10. The second-order valence-corrected chi connectivity index (χ2v) is 7.91. The molecular weight excluding hydrogens is 346 g/mol. The molecule has 0 fully saturated rings. The molecule has 26 heavy (non-hydrogen) atoms. The molecular formula is C21H23NO3S. The van der Waals surface area contributed by atoms with Gasteiger partial charge in [-0.25, -0.2) is 8.42 Å². The van der Waals surface area contributed by atoms with Gasteiger partial charge in [-0.1, -0.05) is 54.6 Å². The topological polar surface area (TPSA) is 54.5 Å². The minimum atomic E-state index is -3.80. The van der Waals surface area contributed by atoms with E-state index in [4.69, 9.17) is 0 Å². The molecule has 0 aliphatic rings. The minimum Gasteiger partial charge on any atom is -0.302 e. The molecule has 0 heterocycles. The summed E-state index contributed by atoms with van der Waals surface area (Å²) in [5.41, 5.74) is 4.75. The predicted octanol–water partition coefficient (Wildman–Crippen LogP) is 3.53. The van der Waals surface area contributed by atoms with E-state index >= 15 is 0 Å². The Hall–Kier alpha value is -2.46. The van der Waals surface area contributed by atoms with E-state index in [-0.39, 0.29) is 11.4 Å². The van der Waals surface area contributed by atoms with E-state index in [0.717, 1.165) is 11.1 Å². The lowest BCUT2D eigenvalue weighted by atomic mass is 10.1. The van der Waals surface area contributed by atoms with E-state index in [9.17, 15) is 13.2 Å². The maximum atomic E-state index is 13.1. The summed E-state index contributed by atoms with van der Waals surface area (Å²) in [7, 11) is -3.80. The number of aldehydes is 1. The first-order valence-electron chi connectivity index (χ1n) is 8.41. The molecule has 0 saturated heterocycles. The smallest absolute Gasteiger partial charge is 0.244 e. The van der Waals surface area contributed by atoms with Crippen molar-refractivity contribution in [2.45, 2.75) is 30.7 Å². The zero-order chi connectivity index (χ0) is 19.0. The van der Waals surface area contributed by atoms with E-state index in [1.807, 2.05) is 37.3 Å². The standard InChI is InChI=1S/C21H23NO3S/c1-3-7-20(13-12-19-8-5-4-6-9-19)22(16-17-23)26(24,25)21-14-10-18(2)11-15-21/h4-11,14-15,17,20H,1,12-13,16H2,2H3. The summed E-state index contributed by atoms with van der Waals surface area (Å²) in [6, 6.07) is 15.9. The van der Waals surface area contributed by atoms with Crippen molar-refractivity contribution in [2.24, 2.45) is 0 Å². The first-order chi connectivity index (χ1) is 12.5. The number of nitrogens with zero attached hydrogens (tertiary/aromatic N) is 1. The number of carbonyl (C=O) groups is 1. The second-order valence-electron chi connectivity index (χ2n) is 6.02. The zero-order valence-electron chi connectivity index (χ0n) is 14.8. The Bertz CT molecular complexity index is 867. The first-order valence-corrected chi connectivity index (χ1v) is 9.85. The first kappa shape index (κ1) is 19.9. The van der Waals surface area contributed by atoms with Crippen molar-refractivity contribution in [3.05, 3.63) is 84.1 Å². The quantitative estimate of drug-likeness (QED) is 0.502. The molecule has 1 atom stereocenters. The molecule has 0 aliphatic heterocycles. The van der Waals surface area contributed by atoms with Crippen molar-refractivity contribution in [3.63, 3.8) is 0 Å². The SMILES string of the molecule is C=C=CC(CCc1ccccc1)N(CC=O)S(=O)(=O)c1ccc(C)cc1. The highest BCUT2D eigenvalue weighted by Gasteiger charge is 2.29. The van der Waals surface area contributed by atoms with Gasteiger partial charge in [0.25, 0.3) is 0 Å². The summed E-state index contributed by atoms with van der Waals surface area (Å²) in [6.45, 7) is 5.25. The molecule has 0 aromatic heterocycles. The number of sulfonamides is 1. The highest BCUT2D eigenvalue weighted by Crippen LogP contribution is 2.21. The summed E-state index contributed by atoms with van der Waals surface area (Å²) in [5.74, 6) is 0. The molecule has 0 spiro atoms. The van der Waals surface area contributed by atoms with Gasteiger partial charge in [0, 0.05) is 0 Å². The van der Waals surface area contributed by atoms with Crippen molar-refractivity contribution in [1.82, 2.24) is 4.31 Å². The van der Waals surface area contributed by atoms with Gasteiger partial charge in [0.1, 0.15) is 6.29 Å². The Morgan fingerprint density at radius 2 is 1.77 bits per heavy atom. The van der Waals surface area contributed by atoms with Gasteiger partial charge in [0.2, 0.25) is 10.0 Å². The van der Waals surface area contributed by atoms with Crippen molar-refractivity contribution in [1.29, 1.82) is 0 Å². The monoisotopic (exact) mass is 369 g/mol. The lowest BCUT2D eigenvalue weighted by Crippen LogP contribution is -2.40. The van der Waals surface area contributed by atoms with E-state index in [0.29, 0.717) is 19.1 Å². The van der Waals surface area contributed by atoms with Crippen LogP contribution in [0.4, 0.5) is 0 Å². The lowest BCUT2D eigenvalue weighted by molar-refractivity contribution is -0.108. The van der Waals surface area contributed by atoms with Gasteiger partial charge in [-0.05, 0) is 43.5 Å². The van der Waals surface area contributed by atoms with Crippen molar-refractivity contribution in [2.75, 3.05) is 6.54 Å². The summed E-state index contributed by atoms with van der Waals surface area (Å²) < 4.78 is 27.3. The number of benzene rings is 2. The van der Waals surface area contributed by atoms with Crippen LogP contribution in [0, 0.1) is 6.92 Å². The highest BCUT2D eigenvalue weighted by molar-refractivity contribution is 7.89. The van der Waals surface area contributed by atoms with Gasteiger partial charge in [-0.15, -0.1) is 5.73 Å². The fraction of sp³-hybridized carbons (Fsp3) is 0.238. The molecule has 0 radical (unpaired) electrons. The predicted molar refractivity (Wildman–Crippen MR) is 103 cm³/mol. The fourth-order valence-electron chi connectivity index (χ4n) is 2.74. The number of hydrogen-bond donors (Lipinski definition) is 0. The molecule has 136 valence electrons. The van der Waals surface area contributed by atoms with Crippen LogP contribution >= 0.6 is 0 Å². The summed E-state index contributed by atoms with van der Waals surface area (Å²) in [6.07, 6.45) is 3.43. The molecule has 2 aromatic carbocycles. The van der Waals surface area contributed by atoms with Crippen LogP contribution in [0.2, 0.25) is 0 Å². The maximum Gasteiger partial charge on any atom is 0.244 e. The second kappa shape index (κ2) is 9.30. The molecule has 0 amide bonds. The molecule has 1 unspecified atom stereocenters. The molecule has 0 saturated carbocycles. The molecule has 2 aromatic rings. The van der Waals surface area contributed by atoms with Gasteiger partial charge < -0.3 is 4.79 Å². The van der Waals surface area contributed by atoms with Crippen molar-refractivity contribution < 1.29 is 13.2 Å². The fourth-order valence-corrected chi connectivity index (χ4v) is 4.27. The third-order valence-corrected chi connectivity index (χ3v) is 6.04. The average molecular weight is 369 g/mol. The molecule has 4 nitrogen and oxygen atoms in total. The Balaban J connectivity index is 2.31. The normalized spacial score (nSPS) is 12.4. The summed E-state index contributed by atoms with van der Waals surface area (Å²) in [5, 5.41) is 0. The van der Waals surface area contributed by atoms with E-state index in [1.165, 1.54) is 4.31 Å². The third kappa shape index (κ3) is 5.02. The van der Waals surface area contributed by atoms with E-state index in [1.54, 1.807) is 30.3 Å². The number of carbonyl (C=O) groups excluding carboxylic acids is 1. The highest BCUT2D eigenvalue weighted by atomic mass is 32.2. The maximum absolute atomic E-state index is 13.1. The Morgan fingerprint density at radius 1 is 1.12 bits per heavy atom. The number of rotatable bonds is 9. The van der Waals surface area contributed by atoms with Crippen LogP contribution in [0.1, 0.15) is 17.5 Å². The van der Waals surface area contributed by atoms with Crippen molar-refractivity contribution in [3.8, 4) is 0 Å². The lowest BCUT2D eigenvalue weighted by Gasteiger charge is -2.27. The average Bonchev–Trinajstić information content (AvgIpc) is 2.64. The molecule has 5 heteroatoms. The number of hydrogen-bond acceptors (Lipinski definition) is 3. The van der Waals surface area contributed by atoms with Crippen LogP contribution in [-0.2, 0) is 21.2 Å². The van der Waals surface area contributed by atoms with Crippen LogP contribution in [0.5, 0.6) is 0 Å². The largest absolute Gasteiger partial charge is 0.302 e. The van der Waals surface area contributed by atoms with Crippen LogP contribution < -0.4 is 0 Å². The van der Waals surface area contributed by atoms with E-state index < -0.39 is 16.1 Å². The summed E-state index contributed by atoms with van der Waals surface area (Å²) in [4.78, 5) is 11.3. The molecule has 0 N–H and O–H groups in total. The minimum absolute atomic E-state index is 0.173. The van der Waals surface area contributed by atoms with E-state index in [2.05, 4.69) is 12.3 Å². The molecule has 0 bridgehead atoms. The van der Waals surface area contributed by atoms with Gasteiger partial charge in [-0.3, -0.25) is 0 Å². The van der Waals surface area contributed by atoms with Gasteiger partial charge in [-0.2, -0.15) is 4.31 Å². The molecule has 2 rings (SSSR count). The van der Waals surface area contributed by atoms with Gasteiger partial charge in [0.15, 0.2) is 0 Å². The van der Waals surface area contributed by atoms with Gasteiger partial charge in [0.05, 0.1) is 17.5 Å². The Labute approximate surface area is 155 Å². The third-order valence-electron chi connectivity index (χ3n) is 4.13. The van der Waals surface area contributed by atoms with Crippen LogP contribution in [0.15, 0.2) is 77.9 Å². The van der Waals surface area contributed by atoms with Gasteiger partial charge >= 0.3 is 0 Å². The summed E-state index contributed by atoms with van der Waals surface area (Å²) >= 11 is 0. The van der Waals surface area contributed by atoms with Crippen LogP contribution in [0.25, 0.3) is 0 Å². The van der Waals surface area contributed by atoms with Crippen LogP contribution in [0.3, 0.4) is 0 Å². The van der Waals surface area contributed by atoms with Crippen LogP contribution in [-0.4, -0.2) is 31.6 Å². The van der Waals surface area contributed by atoms with Crippen molar-refractivity contribution >= 4 is 16.3 Å². The molecule has 0 aliphatic carbocycles. The Morgan fingerprint density at radius 3 is 2.35 bits per heavy atom.